The fourth-order valence-corrected chi connectivity index (χ4v) is 2.58. The molecular formula is C17H12N2. The van der Waals surface area contributed by atoms with Crippen molar-refractivity contribution in [3.63, 3.8) is 0 Å². The van der Waals surface area contributed by atoms with Gasteiger partial charge in [-0.2, -0.15) is 0 Å². The van der Waals surface area contributed by atoms with Crippen molar-refractivity contribution < 1.29 is 0 Å². The summed E-state index contributed by atoms with van der Waals surface area (Å²) in [6.07, 6.45) is 5.62. The molecule has 2 nitrogen and oxygen atoms in total. The van der Waals surface area contributed by atoms with Crippen LogP contribution in [-0.4, -0.2) is 9.55 Å². The third-order valence-electron chi connectivity index (χ3n) is 3.51. The molecule has 0 saturated heterocycles. The van der Waals surface area contributed by atoms with E-state index in [4.69, 9.17) is 0 Å². The van der Waals surface area contributed by atoms with Gasteiger partial charge in [0.2, 0.25) is 0 Å². The van der Waals surface area contributed by atoms with Crippen LogP contribution in [-0.2, 0) is 0 Å². The van der Waals surface area contributed by atoms with Gasteiger partial charge in [0.05, 0.1) is 12.0 Å². The second-order valence-electron chi connectivity index (χ2n) is 4.67. The first kappa shape index (κ1) is 10.3. The Labute approximate surface area is 110 Å². The van der Waals surface area contributed by atoms with Crippen molar-refractivity contribution in [3.05, 3.63) is 73.3 Å². The molecule has 0 bridgehead atoms. The zero-order chi connectivity index (χ0) is 12.7. The first-order valence-corrected chi connectivity index (χ1v) is 6.32. The first-order valence-electron chi connectivity index (χ1n) is 6.32. The summed E-state index contributed by atoms with van der Waals surface area (Å²) in [5.41, 5.74) is 1.17. The summed E-state index contributed by atoms with van der Waals surface area (Å²) < 4.78 is 2.05. The van der Waals surface area contributed by atoms with Crippen molar-refractivity contribution in [3.8, 4) is 5.69 Å². The van der Waals surface area contributed by atoms with Crippen molar-refractivity contribution in [2.45, 2.75) is 0 Å². The maximum Gasteiger partial charge on any atom is 0.0991 e. The molecule has 0 aliphatic rings. The van der Waals surface area contributed by atoms with Crippen molar-refractivity contribution in [2.75, 3.05) is 0 Å². The Balaban J connectivity index is 2.12. The van der Waals surface area contributed by atoms with Crippen LogP contribution in [0.2, 0.25) is 0 Å². The minimum atomic E-state index is 1.17. The maximum absolute atomic E-state index is 4.13. The molecule has 0 aliphatic carbocycles. The average molecular weight is 244 g/mol. The second kappa shape index (κ2) is 3.95. The van der Waals surface area contributed by atoms with Crippen molar-refractivity contribution in [1.82, 2.24) is 9.55 Å². The molecule has 1 heterocycles. The average Bonchev–Trinajstić information content (AvgIpc) is 2.98. The Morgan fingerprint density at radius 1 is 0.789 bits per heavy atom. The fourth-order valence-electron chi connectivity index (χ4n) is 2.58. The molecule has 90 valence electrons. The van der Waals surface area contributed by atoms with Crippen molar-refractivity contribution in [1.29, 1.82) is 0 Å². The number of hydrogen-bond acceptors (Lipinski definition) is 1. The third kappa shape index (κ3) is 1.61. The number of imidazole rings is 1. The first-order chi connectivity index (χ1) is 9.42. The molecule has 0 amide bonds. The highest BCUT2D eigenvalue weighted by Gasteiger charge is 2.04. The quantitative estimate of drug-likeness (QED) is 0.459. The van der Waals surface area contributed by atoms with Crippen LogP contribution in [0.1, 0.15) is 0 Å². The van der Waals surface area contributed by atoms with E-state index in [0.717, 1.165) is 0 Å². The van der Waals surface area contributed by atoms with Crippen LogP contribution in [0.25, 0.3) is 27.2 Å². The SMILES string of the molecule is c1ccc2cc3c(-n4ccnc4)cccc3cc2c1. The van der Waals surface area contributed by atoms with Gasteiger partial charge in [-0.3, -0.25) is 0 Å². The van der Waals surface area contributed by atoms with Gasteiger partial charge in [0.15, 0.2) is 0 Å². The van der Waals surface area contributed by atoms with Gasteiger partial charge < -0.3 is 4.57 Å². The van der Waals surface area contributed by atoms with E-state index in [-0.39, 0.29) is 0 Å². The van der Waals surface area contributed by atoms with E-state index in [1.165, 1.54) is 27.2 Å². The van der Waals surface area contributed by atoms with Crippen LogP contribution in [0.4, 0.5) is 0 Å². The van der Waals surface area contributed by atoms with Crippen LogP contribution in [0, 0.1) is 0 Å². The molecule has 0 spiro atoms. The standard InChI is InChI=1S/C17H12N2/c1-2-5-14-11-16-15(10-13(14)4-1)6-3-7-17(16)19-9-8-18-12-19/h1-12H. The molecule has 2 heteroatoms. The van der Waals surface area contributed by atoms with Gasteiger partial charge in [-0.05, 0) is 34.4 Å². The Bertz CT molecular complexity index is 861. The van der Waals surface area contributed by atoms with Crippen LogP contribution in [0.5, 0.6) is 0 Å². The molecule has 4 aromatic rings. The van der Waals surface area contributed by atoms with E-state index in [0.29, 0.717) is 0 Å². The molecule has 0 fully saturated rings. The van der Waals surface area contributed by atoms with Gasteiger partial charge in [-0.15, -0.1) is 0 Å². The number of hydrogen-bond donors (Lipinski definition) is 0. The van der Waals surface area contributed by atoms with Gasteiger partial charge in [0.25, 0.3) is 0 Å². The lowest BCUT2D eigenvalue weighted by Gasteiger charge is -2.08. The summed E-state index contributed by atoms with van der Waals surface area (Å²) in [4.78, 5) is 4.13. The highest BCUT2D eigenvalue weighted by molar-refractivity contribution is 6.01. The Hall–Kier alpha value is -2.61. The summed E-state index contributed by atoms with van der Waals surface area (Å²) in [6, 6.07) is 19.3. The summed E-state index contributed by atoms with van der Waals surface area (Å²) in [7, 11) is 0. The number of fused-ring (bicyclic) bond motifs is 2. The second-order valence-corrected chi connectivity index (χ2v) is 4.67. The van der Waals surface area contributed by atoms with Crippen LogP contribution in [0.3, 0.4) is 0 Å². The predicted octanol–water partition coefficient (Wildman–Crippen LogP) is 4.18. The molecule has 0 saturated carbocycles. The number of benzene rings is 3. The molecule has 1 aromatic heterocycles. The molecule has 0 N–H and O–H groups in total. The third-order valence-corrected chi connectivity index (χ3v) is 3.51. The topological polar surface area (TPSA) is 17.8 Å². The fraction of sp³-hybridized carbons (Fsp3) is 0. The molecular weight excluding hydrogens is 232 g/mol. The monoisotopic (exact) mass is 244 g/mol. The lowest BCUT2D eigenvalue weighted by atomic mass is 10.0. The van der Waals surface area contributed by atoms with E-state index >= 15 is 0 Å². The van der Waals surface area contributed by atoms with Gasteiger partial charge in [-0.25, -0.2) is 4.98 Å². The summed E-state index contributed by atoms with van der Waals surface area (Å²) in [5, 5.41) is 5.05. The Morgan fingerprint density at radius 3 is 2.37 bits per heavy atom. The normalized spacial score (nSPS) is 11.2. The maximum atomic E-state index is 4.13. The minimum Gasteiger partial charge on any atom is -0.306 e. The Morgan fingerprint density at radius 2 is 1.58 bits per heavy atom. The molecule has 19 heavy (non-hydrogen) atoms. The van der Waals surface area contributed by atoms with Gasteiger partial charge in [0.1, 0.15) is 0 Å². The molecule has 0 atom stereocenters. The van der Waals surface area contributed by atoms with E-state index in [1.54, 1.807) is 6.20 Å². The van der Waals surface area contributed by atoms with Crippen molar-refractivity contribution >= 4 is 21.5 Å². The summed E-state index contributed by atoms with van der Waals surface area (Å²) in [6.45, 7) is 0. The van der Waals surface area contributed by atoms with Gasteiger partial charge in [0, 0.05) is 17.8 Å². The lowest BCUT2D eigenvalue weighted by Crippen LogP contribution is -1.91. The summed E-state index contributed by atoms with van der Waals surface area (Å²) >= 11 is 0. The van der Waals surface area contributed by atoms with Crippen molar-refractivity contribution in [2.24, 2.45) is 0 Å². The molecule has 0 unspecified atom stereocenters. The van der Waals surface area contributed by atoms with Crippen LogP contribution in [0.15, 0.2) is 73.3 Å². The van der Waals surface area contributed by atoms with Gasteiger partial charge >= 0.3 is 0 Å². The Kier molecular flexibility index (Phi) is 2.15. The number of nitrogens with zero attached hydrogens (tertiary/aromatic N) is 2. The van der Waals surface area contributed by atoms with E-state index in [1.807, 2.05) is 12.5 Å². The molecule has 0 aliphatic heterocycles. The zero-order valence-electron chi connectivity index (χ0n) is 10.3. The zero-order valence-corrected chi connectivity index (χ0v) is 10.3. The van der Waals surface area contributed by atoms with Crippen LogP contribution >= 0.6 is 0 Å². The predicted molar refractivity (Wildman–Crippen MR) is 78.6 cm³/mol. The van der Waals surface area contributed by atoms with E-state index in [2.05, 4.69) is 64.1 Å². The molecule has 0 radical (unpaired) electrons. The number of aromatic nitrogens is 2. The van der Waals surface area contributed by atoms with E-state index < -0.39 is 0 Å². The van der Waals surface area contributed by atoms with Gasteiger partial charge in [-0.1, -0.05) is 36.4 Å². The molecule has 3 aromatic carbocycles. The van der Waals surface area contributed by atoms with Crippen LogP contribution < -0.4 is 0 Å². The smallest absolute Gasteiger partial charge is 0.0991 e. The van der Waals surface area contributed by atoms with E-state index in [9.17, 15) is 0 Å². The lowest BCUT2D eigenvalue weighted by molar-refractivity contribution is 1.07. The number of rotatable bonds is 1. The highest BCUT2D eigenvalue weighted by atomic mass is 15.0. The largest absolute Gasteiger partial charge is 0.306 e. The molecule has 4 rings (SSSR count). The highest BCUT2D eigenvalue weighted by Crippen LogP contribution is 2.27. The summed E-state index contributed by atoms with van der Waals surface area (Å²) in [5.74, 6) is 0. The minimum absolute atomic E-state index is 1.17.